The van der Waals surface area contributed by atoms with Crippen LogP contribution in [0, 0.1) is 0 Å². The van der Waals surface area contributed by atoms with E-state index in [1.165, 1.54) is 12.8 Å². The maximum absolute atomic E-state index is 5.05. The monoisotopic (exact) mass is 145 g/mol. The minimum absolute atomic E-state index is 0.240. The van der Waals surface area contributed by atoms with Crippen molar-refractivity contribution in [1.29, 1.82) is 0 Å². The summed E-state index contributed by atoms with van der Waals surface area (Å²) in [6, 6.07) is 0. The van der Waals surface area contributed by atoms with Crippen LogP contribution in [0.5, 0.6) is 0 Å². The Balaban J connectivity index is 2.25. The zero-order chi connectivity index (χ0) is 6.91. The third-order valence-corrected chi connectivity index (χ3v) is 1.77. The second kappa shape index (κ2) is 2.11. The quantitative estimate of drug-likeness (QED) is 0.273. The average molecular weight is 145 g/mol. The van der Waals surface area contributed by atoms with Crippen molar-refractivity contribution in [2.45, 2.75) is 25.3 Å². The molecule has 4 heteroatoms. The smallest absolute Gasteiger partial charge is 0.181 e. The molecule has 0 unspecified atom stereocenters. The van der Waals surface area contributed by atoms with Crippen molar-refractivity contribution < 1.29 is 0 Å². The largest absolute Gasteiger partial charge is 0.357 e. The Labute approximate surface area is 60.0 Å². The highest BCUT2D eigenvalue weighted by Crippen LogP contribution is 2.33. The highest BCUT2D eigenvalue weighted by Gasteiger charge is 2.37. The van der Waals surface area contributed by atoms with Gasteiger partial charge in [0, 0.05) is 5.54 Å². The van der Waals surface area contributed by atoms with Gasteiger partial charge in [0.25, 0.3) is 0 Å². The fraction of sp³-hybridized carbons (Fsp3) is 0.800. The summed E-state index contributed by atoms with van der Waals surface area (Å²) in [5.74, 6) is 5.05. The Hall–Kier alpha value is -0.350. The average Bonchev–Trinajstić information content (AvgIpc) is 2.48. The first-order chi connectivity index (χ1) is 4.16. The van der Waals surface area contributed by atoms with Crippen molar-refractivity contribution in [3.8, 4) is 0 Å². The summed E-state index contributed by atoms with van der Waals surface area (Å²) in [6.07, 6.45) is 2.38. The molecule has 9 heavy (non-hydrogen) atoms. The predicted molar refractivity (Wildman–Crippen MR) is 40.7 cm³/mol. The molecular weight excluding hydrogens is 134 g/mol. The molecule has 1 saturated carbocycles. The van der Waals surface area contributed by atoms with E-state index in [1.54, 1.807) is 0 Å². The first kappa shape index (κ1) is 6.77. The van der Waals surface area contributed by atoms with Crippen LogP contribution in [0.15, 0.2) is 0 Å². The second-order valence-electron chi connectivity index (χ2n) is 2.66. The van der Waals surface area contributed by atoms with E-state index in [0.717, 1.165) is 0 Å². The lowest BCUT2D eigenvalue weighted by molar-refractivity contribution is 0.657. The molecule has 0 aromatic rings. The molecule has 52 valence electrons. The molecule has 0 aromatic carbocycles. The van der Waals surface area contributed by atoms with Gasteiger partial charge in [0.1, 0.15) is 0 Å². The molecule has 0 amide bonds. The van der Waals surface area contributed by atoms with Crippen LogP contribution < -0.4 is 16.6 Å². The normalized spacial score (nSPS) is 20.7. The SMILES string of the molecule is CC1(NC(=S)NN)CC1. The maximum Gasteiger partial charge on any atom is 0.181 e. The lowest BCUT2D eigenvalue weighted by atomic mass is 10.3. The third kappa shape index (κ3) is 1.80. The summed E-state index contributed by atoms with van der Waals surface area (Å²) in [5.41, 5.74) is 2.62. The van der Waals surface area contributed by atoms with Gasteiger partial charge in [-0.2, -0.15) is 0 Å². The van der Waals surface area contributed by atoms with Crippen LogP contribution in [0.4, 0.5) is 0 Å². The molecule has 1 aliphatic carbocycles. The number of thiocarbonyl (C=S) groups is 1. The Morgan fingerprint density at radius 2 is 2.22 bits per heavy atom. The van der Waals surface area contributed by atoms with Crippen LogP contribution in [-0.4, -0.2) is 10.7 Å². The summed E-state index contributed by atoms with van der Waals surface area (Å²) in [7, 11) is 0. The van der Waals surface area contributed by atoms with Crippen LogP contribution in [0.1, 0.15) is 19.8 Å². The Morgan fingerprint density at radius 1 is 1.67 bits per heavy atom. The van der Waals surface area contributed by atoms with Gasteiger partial charge in [0.2, 0.25) is 0 Å². The molecule has 4 N–H and O–H groups in total. The van der Waals surface area contributed by atoms with Gasteiger partial charge in [-0.15, -0.1) is 0 Å². The minimum Gasteiger partial charge on any atom is -0.357 e. The van der Waals surface area contributed by atoms with Crippen LogP contribution in [-0.2, 0) is 0 Å². The number of rotatable bonds is 1. The molecule has 0 aliphatic heterocycles. The van der Waals surface area contributed by atoms with Crippen molar-refractivity contribution in [1.82, 2.24) is 10.7 Å². The first-order valence-electron chi connectivity index (χ1n) is 2.95. The van der Waals surface area contributed by atoms with Crippen LogP contribution >= 0.6 is 12.2 Å². The minimum atomic E-state index is 0.240. The summed E-state index contributed by atoms with van der Waals surface area (Å²) < 4.78 is 0. The van der Waals surface area contributed by atoms with Crippen LogP contribution in [0.2, 0.25) is 0 Å². The Bertz CT molecular complexity index is 130. The highest BCUT2D eigenvalue weighted by atomic mass is 32.1. The van der Waals surface area contributed by atoms with Gasteiger partial charge < -0.3 is 10.7 Å². The number of nitrogens with one attached hydrogen (secondary N) is 2. The molecule has 0 spiro atoms. The summed E-state index contributed by atoms with van der Waals surface area (Å²) in [6.45, 7) is 2.12. The van der Waals surface area contributed by atoms with Gasteiger partial charge in [0.05, 0.1) is 0 Å². The maximum atomic E-state index is 5.05. The standard InChI is InChI=1S/C5H11N3S/c1-5(2-3-5)7-4(9)8-6/h2-3,6H2,1H3,(H2,7,8,9). The Morgan fingerprint density at radius 3 is 2.56 bits per heavy atom. The van der Waals surface area contributed by atoms with Crippen molar-refractivity contribution in [3.05, 3.63) is 0 Å². The fourth-order valence-corrected chi connectivity index (χ4v) is 0.869. The summed E-state index contributed by atoms with van der Waals surface area (Å²) in [4.78, 5) is 0. The molecule has 0 atom stereocenters. The van der Waals surface area contributed by atoms with E-state index in [1.807, 2.05) is 0 Å². The lowest BCUT2D eigenvalue weighted by Crippen LogP contribution is -2.44. The van der Waals surface area contributed by atoms with Crippen molar-refractivity contribution in [2.75, 3.05) is 0 Å². The molecule has 1 fully saturated rings. The molecule has 0 saturated heterocycles. The zero-order valence-corrected chi connectivity index (χ0v) is 6.22. The molecule has 0 heterocycles. The number of hydrogen-bond acceptors (Lipinski definition) is 2. The van der Waals surface area contributed by atoms with Crippen LogP contribution in [0.3, 0.4) is 0 Å². The second-order valence-corrected chi connectivity index (χ2v) is 3.07. The molecule has 0 radical (unpaired) electrons. The van der Waals surface area contributed by atoms with Crippen molar-refractivity contribution >= 4 is 17.3 Å². The number of nitrogens with two attached hydrogens (primary N) is 1. The van der Waals surface area contributed by atoms with E-state index >= 15 is 0 Å². The van der Waals surface area contributed by atoms with Gasteiger partial charge in [-0.3, -0.25) is 0 Å². The van der Waals surface area contributed by atoms with Crippen molar-refractivity contribution in [3.63, 3.8) is 0 Å². The van der Waals surface area contributed by atoms with E-state index in [0.29, 0.717) is 5.11 Å². The van der Waals surface area contributed by atoms with E-state index in [4.69, 9.17) is 18.1 Å². The molecule has 0 aromatic heterocycles. The molecule has 1 aliphatic rings. The molecule has 3 nitrogen and oxygen atoms in total. The summed E-state index contributed by atoms with van der Waals surface area (Å²) >= 11 is 4.80. The molecule has 1 rings (SSSR count). The van der Waals surface area contributed by atoms with Gasteiger partial charge in [0.15, 0.2) is 5.11 Å². The zero-order valence-electron chi connectivity index (χ0n) is 5.40. The Kier molecular flexibility index (Phi) is 1.59. The van der Waals surface area contributed by atoms with E-state index < -0.39 is 0 Å². The van der Waals surface area contributed by atoms with Gasteiger partial charge >= 0.3 is 0 Å². The lowest BCUT2D eigenvalue weighted by Gasteiger charge is -2.12. The van der Waals surface area contributed by atoms with Crippen molar-refractivity contribution in [2.24, 2.45) is 5.84 Å². The van der Waals surface area contributed by atoms with Gasteiger partial charge in [-0.25, -0.2) is 5.84 Å². The van der Waals surface area contributed by atoms with E-state index in [-0.39, 0.29) is 5.54 Å². The summed E-state index contributed by atoms with van der Waals surface area (Å²) in [5, 5.41) is 3.61. The molecular formula is C5H11N3S. The highest BCUT2D eigenvalue weighted by molar-refractivity contribution is 7.80. The topological polar surface area (TPSA) is 50.1 Å². The van der Waals surface area contributed by atoms with E-state index in [9.17, 15) is 0 Å². The number of hydrazine groups is 1. The number of hydrogen-bond donors (Lipinski definition) is 3. The van der Waals surface area contributed by atoms with Gasteiger partial charge in [-0.05, 0) is 32.0 Å². The third-order valence-electron chi connectivity index (χ3n) is 1.55. The van der Waals surface area contributed by atoms with E-state index in [2.05, 4.69) is 17.7 Å². The fourth-order valence-electron chi connectivity index (χ4n) is 0.623. The van der Waals surface area contributed by atoms with Crippen LogP contribution in [0.25, 0.3) is 0 Å². The first-order valence-corrected chi connectivity index (χ1v) is 3.36. The molecule has 0 bridgehead atoms. The van der Waals surface area contributed by atoms with Gasteiger partial charge in [-0.1, -0.05) is 0 Å². The predicted octanol–water partition coefficient (Wildman–Crippen LogP) is -0.123.